The number of likely N-dealkylation sites (N-methyl/N-ethyl adjacent to an activating group) is 1. The lowest BCUT2D eigenvalue weighted by Crippen LogP contribution is -2.19. The van der Waals surface area contributed by atoms with Crippen LogP contribution in [0.1, 0.15) is 33.6 Å². The van der Waals surface area contributed by atoms with E-state index in [1.165, 1.54) is 5.57 Å². The Morgan fingerprint density at radius 1 is 1.27 bits per heavy atom. The molecule has 2 heteroatoms. The Morgan fingerprint density at radius 2 is 1.93 bits per heavy atom. The summed E-state index contributed by atoms with van der Waals surface area (Å²) in [5, 5.41) is 2.63. The highest BCUT2D eigenvalue weighted by Gasteiger charge is 2.01. The van der Waals surface area contributed by atoms with Gasteiger partial charge in [-0.15, -0.1) is 0 Å². The number of hydrogen-bond donors (Lipinski definition) is 1. The van der Waals surface area contributed by atoms with Crippen molar-refractivity contribution in [1.82, 2.24) is 5.32 Å². The van der Waals surface area contributed by atoms with E-state index < -0.39 is 0 Å². The van der Waals surface area contributed by atoms with Crippen molar-refractivity contribution in [2.24, 2.45) is 0 Å². The van der Waals surface area contributed by atoms with Gasteiger partial charge >= 0.3 is 0 Å². The number of allylic oxidation sites excluding steroid dienone is 4. The van der Waals surface area contributed by atoms with Gasteiger partial charge in [-0.2, -0.15) is 0 Å². The molecule has 0 fully saturated rings. The largest absolute Gasteiger partial charge is 0.355 e. The number of hydrogen-bond acceptors (Lipinski definition) is 1. The van der Waals surface area contributed by atoms with E-state index in [4.69, 9.17) is 0 Å². The van der Waals surface area contributed by atoms with Gasteiger partial charge in [-0.1, -0.05) is 37.6 Å². The molecule has 0 aliphatic carbocycles. The third kappa shape index (κ3) is 5.21. The summed E-state index contributed by atoms with van der Waals surface area (Å²) in [5.41, 5.74) is 1.97. The van der Waals surface area contributed by atoms with E-state index >= 15 is 0 Å². The van der Waals surface area contributed by atoms with Crippen molar-refractivity contribution in [3.63, 3.8) is 0 Å². The molecular weight excluding hydrogens is 186 g/mol. The van der Waals surface area contributed by atoms with Crippen LogP contribution in [0.25, 0.3) is 0 Å². The van der Waals surface area contributed by atoms with Crippen molar-refractivity contribution >= 4 is 5.91 Å². The van der Waals surface area contributed by atoms with E-state index in [1.807, 2.05) is 32.1 Å². The van der Waals surface area contributed by atoms with E-state index in [0.717, 1.165) is 18.4 Å². The quantitative estimate of drug-likeness (QED) is 0.545. The van der Waals surface area contributed by atoms with Gasteiger partial charge in [0.15, 0.2) is 0 Å². The first-order valence-electron chi connectivity index (χ1n) is 5.45. The van der Waals surface area contributed by atoms with Crippen LogP contribution in [0.4, 0.5) is 0 Å². The third-order valence-corrected chi connectivity index (χ3v) is 2.17. The van der Waals surface area contributed by atoms with Gasteiger partial charge < -0.3 is 5.32 Å². The van der Waals surface area contributed by atoms with Crippen LogP contribution >= 0.6 is 0 Å². The maximum absolute atomic E-state index is 11.4. The van der Waals surface area contributed by atoms with Gasteiger partial charge in [0.1, 0.15) is 0 Å². The summed E-state index contributed by atoms with van der Waals surface area (Å²) in [4.78, 5) is 11.4. The molecule has 0 rings (SSSR count). The molecule has 0 aromatic heterocycles. The molecule has 0 aromatic carbocycles. The van der Waals surface area contributed by atoms with Crippen LogP contribution in [0.2, 0.25) is 0 Å². The predicted molar refractivity (Wildman–Crippen MR) is 65.6 cm³/mol. The van der Waals surface area contributed by atoms with Crippen molar-refractivity contribution in [3.05, 3.63) is 35.5 Å². The first-order valence-corrected chi connectivity index (χ1v) is 5.45. The zero-order valence-electron chi connectivity index (χ0n) is 10.1. The minimum atomic E-state index is -0.0281. The Morgan fingerprint density at radius 3 is 2.33 bits per heavy atom. The summed E-state index contributed by atoms with van der Waals surface area (Å²) in [7, 11) is 1.65. The van der Waals surface area contributed by atoms with Crippen molar-refractivity contribution < 1.29 is 4.79 Å². The SMILES string of the molecule is C\C=C(/C=C\C(=C\CC)C(=O)NC)CC. The van der Waals surface area contributed by atoms with Crippen LogP contribution in [0, 0.1) is 0 Å². The minimum Gasteiger partial charge on any atom is -0.355 e. The first kappa shape index (κ1) is 13.7. The van der Waals surface area contributed by atoms with Crippen molar-refractivity contribution in [3.8, 4) is 0 Å². The highest BCUT2D eigenvalue weighted by atomic mass is 16.1. The molecule has 2 nitrogen and oxygen atoms in total. The predicted octanol–water partition coefficient (Wildman–Crippen LogP) is 2.98. The molecule has 0 radical (unpaired) electrons. The summed E-state index contributed by atoms with van der Waals surface area (Å²) >= 11 is 0. The van der Waals surface area contributed by atoms with Gasteiger partial charge in [-0.25, -0.2) is 0 Å². The minimum absolute atomic E-state index is 0.0281. The van der Waals surface area contributed by atoms with Crippen LogP contribution in [-0.2, 0) is 4.79 Å². The molecule has 0 spiro atoms. The lowest BCUT2D eigenvalue weighted by atomic mass is 10.1. The summed E-state index contributed by atoms with van der Waals surface area (Å²) in [6.45, 7) is 6.13. The standard InChI is InChI=1S/C13H21NO/c1-5-8-12(13(15)14-4)10-9-11(6-2)7-3/h6,8-10H,5,7H2,1-4H3,(H,14,15)/b10-9-,11-6-,12-8-. The van der Waals surface area contributed by atoms with Crippen LogP contribution in [0.15, 0.2) is 35.5 Å². The molecule has 0 atom stereocenters. The molecule has 0 saturated carbocycles. The number of carbonyl (C=O) groups excluding carboxylic acids is 1. The van der Waals surface area contributed by atoms with Gasteiger partial charge in [-0.05, 0) is 25.8 Å². The lowest BCUT2D eigenvalue weighted by Gasteiger charge is -2.00. The topological polar surface area (TPSA) is 29.1 Å². The molecule has 1 amide bonds. The Labute approximate surface area is 92.8 Å². The normalized spacial score (nSPS) is 13.3. The van der Waals surface area contributed by atoms with Crippen molar-refractivity contribution in [2.45, 2.75) is 33.6 Å². The number of nitrogens with one attached hydrogen (secondary N) is 1. The molecule has 1 N–H and O–H groups in total. The zero-order chi connectivity index (χ0) is 11.7. The summed E-state index contributed by atoms with van der Waals surface area (Å²) in [5.74, 6) is -0.0281. The Bertz CT molecular complexity index is 285. The second kappa shape index (κ2) is 8.04. The molecule has 0 unspecified atom stereocenters. The van der Waals surface area contributed by atoms with Crippen molar-refractivity contribution in [1.29, 1.82) is 0 Å². The second-order valence-electron chi connectivity index (χ2n) is 3.20. The number of amides is 1. The fourth-order valence-electron chi connectivity index (χ4n) is 1.22. The smallest absolute Gasteiger partial charge is 0.250 e. The van der Waals surface area contributed by atoms with Gasteiger partial charge in [0, 0.05) is 12.6 Å². The third-order valence-electron chi connectivity index (χ3n) is 2.17. The van der Waals surface area contributed by atoms with E-state index in [0.29, 0.717) is 0 Å². The van der Waals surface area contributed by atoms with E-state index in [1.54, 1.807) is 7.05 Å². The van der Waals surface area contributed by atoms with E-state index in [-0.39, 0.29) is 5.91 Å². The van der Waals surface area contributed by atoms with Crippen molar-refractivity contribution in [2.75, 3.05) is 7.05 Å². The number of rotatable bonds is 5. The molecular formula is C13H21NO. The van der Waals surface area contributed by atoms with Crippen LogP contribution in [-0.4, -0.2) is 13.0 Å². The highest BCUT2D eigenvalue weighted by Crippen LogP contribution is 2.06. The zero-order valence-corrected chi connectivity index (χ0v) is 10.1. The highest BCUT2D eigenvalue weighted by molar-refractivity contribution is 5.95. The van der Waals surface area contributed by atoms with Crippen LogP contribution in [0.5, 0.6) is 0 Å². The summed E-state index contributed by atoms with van der Waals surface area (Å²) in [6.07, 6.45) is 9.71. The molecule has 15 heavy (non-hydrogen) atoms. The fraction of sp³-hybridized carbons (Fsp3) is 0.462. The van der Waals surface area contributed by atoms with E-state index in [2.05, 4.69) is 18.3 Å². The molecule has 0 aliphatic heterocycles. The molecule has 0 aromatic rings. The molecule has 84 valence electrons. The maximum Gasteiger partial charge on any atom is 0.250 e. The Kier molecular flexibility index (Phi) is 7.33. The van der Waals surface area contributed by atoms with Gasteiger partial charge in [-0.3, -0.25) is 4.79 Å². The average molecular weight is 207 g/mol. The van der Waals surface area contributed by atoms with Gasteiger partial charge in [0.2, 0.25) is 0 Å². The number of carbonyl (C=O) groups is 1. The molecule has 0 aliphatic rings. The lowest BCUT2D eigenvalue weighted by molar-refractivity contribution is -0.116. The fourth-order valence-corrected chi connectivity index (χ4v) is 1.22. The Balaban J connectivity index is 4.69. The first-order chi connectivity index (χ1) is 7.19. The molecule has 0 bridgehead atoms. The van der Waals surface area contributed by atoms with E-state index in [9.17, 15) is 4.79 Å². The van der Waals surface area contributed by atoms with Crippen LogP contribution in [0.3, 0.4) is 0 Å². The maximum atomic E-state index is 11.4. The van der Waals surface area contributed by atoms with Gasteiger partial charge in [0.25, 0.3) is 5.91 Å². The monoisotopic (exact) mass is 207 g/mol. The second-order valence-corrected chi connectivity index (χ2v) is 3.20. The summed E-state index contributed by atoms with van der Waals surface area (Å²) in [6, 6.07) is 0. The van der Waals surface area contributed by atoms with Gasteiger partial charge in [0.05, 0.1) is 0 Å². The van der Waals surface area contributed by atoms with Crippen LogP contribution < -0.4 is 5.32 Å². The molecule has 0 heterocycles. The molecule has 0 saturated heterocycles. The summed E-state index contributed by atoms with van der Waals surface area (Å²) < 4.78 is 0. The average Bonchev–Trinajstić information content (AvgIpc) is 2.27. The Hall–Kier alpha value is -1.31.